The molecule has 0 heterocycles. The Morgan fingerprint density at radius 1 is 1.00 bits per heavy atom. The molecule has 1 unspecified atom stereocenters. The van der Waals surface area contributed by atoms with Crippen LogP contribution in [-0.4, -0.2) is 15.9 Å². The molecule has 0 aliphatic carbocycles. The summed E-state index contributed by atoms with van der Waals surface area (Å²) in [6.45, 7) is 2.71. The van der Waals surface area contributed by atoms with Crippen molar-refractivity contribution in [1.29, 1.82) is 0 Å². The summed E-state index contributed by atoms with van der Waals surface area (Å²) in [5.41, 5.74) is 0. The SMILES string of the molecule is CCCOc1ccc(OS(=O)c2ccc(O)cc2)cc1. The van der Waals surface area contributed by atoms with E-state index in [1.807, 2.05) is 6.92 Å². The van der Waals surface area contributed by atoms with Crippen LogP contribution in [0.25, 0.3) is 0 Å². The van der Waals surface area contributed by atoms with Crippen LogP contribution >= 0.6 is 0 Å². The second-order valence-corrected chi connectivity index (χ2v) is 5.24. The third-order valence-corrected chi connectivity index (χ3v) is 3.50. The van der Waals surface area contributed by atoms with Crippen LogP contribution < -0.4 is 8.92 Å². The molecule has 0 radical (unpaired) electrons. The number of phenolic OH excluding ortho intramolecular Hbond substituents is 1. The van der Waals surface area contributed by atoms with Gasteiger partial charge in [-0.15, -0.1) is 0 Å². The fourth-order valence-electron chi connectivity index (χ4n) is 1.50. The first kappa shape index (κ1) is 14.4. The molecule has 4 nitrogen and oxygen atoms in total. The number of hydrogen-bond acceptors (Lipinski definition) is 4. The fourth-order valence-corrected chi connectivity index (χ4v) is 2.24. The molecule has 0 fully saturated rings. The first-order valence-corrected chi connectivity index (χ1v) is 7.38. The van der Waals surface area contributed by atoms with Gasteiger partial charge in [-0.1, -0.05) is 6.92 Å². The van der Waals surface area contributed by atoms with Crippen molar-refractivity contribution < 1.29 is 18.2 Å². The summed E-state index contributed by atoms with van der Waals surface area (Å²) >= 11 is -1.61. The molecule has 0 amide bonds. The van der Waals surface area contributed by atoms with Gasteiger partial charge in [0.05, 0.1) is 11.5 Å². The van der Waals surface area contributed by atoms with Crippen LogP contribution in [0.15, 0.2) is 53.4 Å². The summed E-state index contributed by atoms with van der Waals surface area (Å²) in [6, 6.07) is 13.0. The lowest BCUT2D eigenvalue weighted by Gasteiger charge is -2.07. The number of rotatable bonds is 6. The zero-order chi connectivity index (χ0) is 14.4. The predicted molar refractivity (Wildman–Crippen MR) is 77.4 cm³/mol. The van der Waals surface area contributed by atoms with Gasteiger partial charge >= 0.3 is 0 Å². The lowest BCUT2D eigenvalue weighted by molar-refractivity contribution is 0.317. The van der Waals surface area contributed by atoms with Gasteiger partial charge in [0.1, 0.15) is 17.2 Å². The van der Waals surface area contributed by atoms with Crippen LogP contribution in [0.3, 0.4) is 0 Å². The first-order chi connectivity index (χ1) is 9.69. The lowest BCUT2D eigenvalue weighted by atomic mass is 10.3. The largest absolute Gasteiger partial charge is 0.508 e. The summed E-state index contributed by atoms with van der Waals surface area (Å²) in [7, 11) is 0. The average Bonchev–Trinajstić information content (AvgIpc) is 2.47. The quantitative estimate of drug-likeness (QED) is 0.887. The van der Waals surface area contributed by atoms with Gasteiger partial charge in [0.25, 0.3) is 0 Å². The minimum atomic E-state index is -1.61. The van der Waals surface area contributed by atoms with Gasteiger partial charge in [-0.2, -0.15) is 0 Å². The van der Waals surface area contributed by atoms with Crippen LogP contribution in [0.1, 0.15) is 13.3 Å². The lowest BCUT2D eigenvalue weighted by Crippen LogP contribution is -2.01. The first-order valence-electron chi connectivity index (χ1n) is 6.31. The second-order valence-electron chi connectivity index (χ2n) is 4.13. The third kappa shape index (κ3) is 3.99. The van der Waals surface area contributed by atoms with Gasteiger partial charge in [-0.05, 0) is 55.0 Å². The van der Waals surface area contributed by atoms with Gasteiger partial charge < -0.3 is 14.0 Å². The van der Waals surface area contributed by atoms with Gasteiger partial charge in [0.2, 0.25) is 11.1 Å². The van der Waals surface area contributed by atoms with Gasteiger partial charge in [0, 0.05) is 0 Å². The Morgan fingerprint density at radius 2 is 1.60 bits per heavy atom. The zero-order valence-electron chi connectivity index (χ0n) is 11.1. The topological polar surface area (TPSA) is 55.8 Å². The van der Waals surface area contributed by atoms with E-state index in [9.17, 15) is 9.32 Å². The molecule has 20 heavy (non-hydrogen) atoms. The van der Waals surface area contributed by atoms with Crippen molar-refractivity contribution in [2.75, 3.05) is 6.61 Å². The smallest absolute Gasteiger partial charge is 0.240 e. The summed E-state index contributed by atoms with van der Waals surface area (Å²) < 4.78 is 22.7. The maximum absolute atomic E-state index is 12.0. The number of aromatic hydroxyl groups is 1. The van der Waals surface area contributed by atoms with Crippen molar-refractivity contribution in [2.24, 2.45) is 0 Å². The van der Waals surface area contributed by atoms with E-state index >= 15 is 0 Å². The highest BCUT2D eigenvalue weighted by molar-refractivity contribution is 7.80. The standard InChI is InChI=1S/C15H16O4S/c1-2-11-18-13-5-7-14(8-6-13)19-20(17)15-9-3-12(16)4-10-15/h3-10,16H,2,11H2,1H3. The van der Waals surface area contributed by atoms with Gasteiger partial charge in [-0.25, -0.2) is 4.21 Å². The number of benzene rings is 2. The maximum atomic E-state index is 12.0. The molecule has 2 rings (SSSR count). The zero-order valence-corrected chi connectivity index (χ0v) is 11.9. The highest BCUT2D eigenvalue weighted by Gasteiger charge is 2.06. The van der Waals surface area contributed by atoms with E-state index in [1.165, 1.54) is 12.1 Å². The molecule has 5 heteroatoms. The van der Waals surface area contributed by atoms with Crippen LogP contribution in [0.2, 0.25) is 0 Å². The highest BCUT2D eigenvalue weighted by atomic mass is 32.2. The van der Waals surface area contributed by atoms with Crippen molar-refractivity contribution in [3.05, 3.63) is 48.5 Å². The molecular formula is C15H16O4S. The molecule has 1 N–H and O–H groups in total. The van der Waals surface area contributed by atoms with E-state index in [1.54, 1.807) is 36.4 Å². The molecule has 1 atom stereocenters. The van der Waals surface area contributed by atoms with Crippen molar-refractivity contribution >= 4 is 11.1 Å². The summed E-state index contributed by atoms with van der Waals surface area (Å²) in [4.78, 5) is 0.495. The fraction of sp³-hybridized carbons (Fsp3) is 0.200. The van der Waals surface area contributed by atoms with E-state index < -0.39 is 11.1 Å². The molecular weight excluding hydrogens is 276 g/mol. The van der Waals surface area contributed by atoms with E-state index in [0.717, 1.165) is 12.2 Å². The van der Waals surface area contributed by atoms with E-state index in [0.29, 0.717) is 17.3 Å². The third-order valence-electron chi connectivity index (χ3n) is 2.50. The van der Waals surface area contributed by atoms with E-state index in [-0.39, 0.29) is 5.75 Å². The summed E-state index contributed by atoms with van der Waals surface area (Å²) in [5, 5.41) is 9.18. The monoisotopic (exact) mass is 292 g/mol. The number of ether oxygens (including phenoxy) is 1. The van der Waals surface area contributed by atoms with Gasteiger partial charge in [-0.3, -0.25) is 0 Å². The van der Waals surface area contributed by atoms with Crippen LogP contribution in [0.5, 0.6) is 17.2 Å². The molecule has 0 saturated carbocycles. The van der Waals surface area contributed by atoms with Gasteiger partial charge in [0.15, 0.2) is 0 Å². The Morgan fingerprint density at radius 3 is 2.20 bits per heavy atom. The molecule has 106 valence electrons. The highest BCUT2D eigenvalue weighted by Crippen LogP contribution is 2.21. The average molecular weight is 292 g/mol. The Balaban J connectivity index is 1.99. The number of phenols is 1. The predicted octanol–water partition coefficient (Wildman–Crippen LogP) is 3.28. The molecule has 0 aliphatic heterocycles. The normalized spacial score (nSPS) is 11.8. The van der Waals surface area contributed by atoms with Crippen molar-refractivity contribution in [3.63, 3.8) is 0 Å². The second kappa shape index (κ2) is 6.96. The van der Waals surface area contributed by atoms with Crippen LogP contribution in [0, 0.1) is 0 Å². The minimum absolute atomic E-state index is 0.128. The maximum Gasteiger partial charge on any atom is 0.240 e. The molecule has 0 aliphatic rings. The van der Waals surface area contributed by atoms with Crippen molar-refractivity contribution in [1.82, 2.24) is 0 Å². The van der Waals surface area contributed by atoms with E-state index in [4.69, 9.17) is 8.92 Å². The minimum Gasteiger partial charge on any atom is -0.508 e. The Bertz CT molecular complexity index is 563. The number of hydrogen-bond donors (Lipinski definition) is 1. The van der Waals surface area contributed by atoms with Crippen LogP contribution in [-0.2, 0) is 11.1 Å². The van der Waals surface area contributed by atoms with Crippen molar-refractivity contribution in [2.45, 2.75) is 18.2 Å². The molecule has 0 bridgehead atoms. The molecule has 2 aromatic rings. The Kier molecular flexibility index (Phi) is 5.01. The molecule has 2 aromatic carbocycles. The molecule has 0 saturated heterocycles. The van der Waals surface area contributed by atoms with Crippen molar-refractivity contribution in [3.8, 4) is 17.2 Å². The molecule has 0 spiro atoms. The van der Waals surface area contributed by atoms with Crippen LogP contribution in [0.4, 0.5) is 0 Å². The Hall–Kier alpha value is -2.01. The summed E-state index contributed by atoms with van der Waals surface area (Å²) in [5.74, 6) is 1.39. The Labute approximate surface area is 120 Å². The molecule has 0 aromatic heterocycles. The summed E-state index contributed by atoms with van der Waals surface area (Å²) in [6.07, 6.45) is 0.948. The van der Waals surface area contributed by atoms with E-state index in [2.05, 4.69) is 0 Å².